The van der Waals surface area contributed by atoms with Crippen LogP contribution in [0, 0.1) is 5.41 Å². The van der Waals surface area contributed by atoms with Crippen LogP contribution in [-0.4, -0.2) is 36.6 Å². The van der Waals surface area contributed by atoms with Crippen LogP contribution >= 0.6 is 0 Å². The second-order valence-corrected chi connectivity index (χ2v) is 7.09. The summed E-state index contributed by atoms with van der Waals surface area (Å²) in [4.78, 5) is 36.4. The van der Waals surface area contributed by atoms with Crippen LogP contribution in [0.3, 0.4) is 0 Å². The molecule has 0 bridgehead atoms. The standard InChI is InChI=1S/C20H23NO5/c1-13-20(3,14(2)26-13)10-11-25-19(24)12-15-4-6-16(7-5-15)21-17(22)8-9-18(21)23/h4-9,13-14H,10-12H2,1-3H3. The molecule has 26 heavy (non-hydrogen) atoms. The van der Waals surface area contributed by atoms with Crippen LogP contribution in [-0.2, 0) is 30.3 Å². The zero-order valence-electron chi connectivity index (χ0n) is 15.2. The number of hydrogen-bond donors (Lipinski definition) is 0. The highest BCUT2D eigenvalue weighted by Crippen LogP contribution is 2.43. The third-order valence-electron chi connectivity index (χ3n) is 5.52. The van der Waals surface area contributed by atoms with Crippen LogP contribution in [0.4, 0.5) is 5.69 Å². The molecule has 1 aromatic rings. The molecule has 1 fully saturated rings. The molecule has 0 spiro atoms. The monoisotopic (exact) mass is 357 g/mol. The number of benzene rings is 1. The topological polar surface area (TPSA) is 72.9 Å². The van der Waals surface area contributed by atoms with Crippen molar-refractivity contribution in [1.29, 1.82) is 0 Å². The molecule has 2 aliphatic rings. The predicted molar refractivity (Wildman–Crippen MR) is 95.5 cm³/mol. The Morgan fingerprint density at radius 2 is 1.69 bits per heavy atom. The zero-order valence-corrected chi connectivity index (χ0v) is 15.2. The van der Waals surface area contributed by atoms with Gasteiger partial charge in [0.25, 0.3) is 11.8 Å². The number of hydrogen-bond acceptors (Lipinski definition) is 5. The molecule has 0 saturated carbocycles. The summed E-state index contributed by atoms with van der Waals surface area (Å²) >= 11 is 0. The number of rotatable bonds is 6. The fourth-order valence-electron chi connectivity index (χ4n) is 3.30. The van der Waals surface area contributed by atoms with Crippen LogP contribution in [0.2, 0.25) is 0 Å². The molecule has 2 heterocycles. The summed E-state index contributed by atoms with van der Waals surface area (Å²) in [6, 6.07) is 6.75. The SMILES string of the molecule is CC1OC(C)C1(C)CCOC(=O)Cc1ccc(N2C(=O)C=CC2=O)cc1. The third-order valence-corrected chi connectivity index (χ3v) is 5.52. The van der Waals surface area contributed by atoms with E-state index in [2.05, 4.69) is 6.92 Å². The first-order valence-electron chi connectivity index (χ1n) is 8.77. The van der Waals surface area contributed by atoms with Crippen molar-refractivity contribution in [3.8, 4) is 0 Å². The van der Waals surface area contributed by atoms with E-state index < -0.39 is 0 Å². The van der Waals surface area contributed by atoms with Crippen LogP contribution < -0.4 is 4.90 Å². The van der Waals surface area contributed by atoms with Gasteiger partial charge in [-0.15, -0.1) is 0 Å². The second-order valence-electron chi connectivity index (χ2n) is 7.09. The molecule has 2 amide bonds. The van der Waals surface area contributed by atoms with Crippen molar-refractivity contribution in [2.45, 2.75) is 45.8 Å². The van der Waals surface area contributed by atoms with Gasteiger partial charge in [0.05, 0.1) is 30.9 Å². The van der Waals surface area contributed by atoms with E-state index in [0.29, 0.717) is 12.3 Å². The number of carbonyl (C=O) groups is 3. The Labute approximate surface area is 152 Å². The number of esters is 1. The summed E-state index contributed by atoms with van der Waals surface area (Å²) in [6.07, 6.45) is 3.75. The zero-order chi connectivity index (χ0) is 18.9. The molecule has 2 aliphatic heterocycles. The number of nitrogens with zero attached hydrogens (tertiary/aromatic N) is 1. The first-order chi connectivity index (χ1) is 12.3. The van der Waals surface area contributed by atoms with Crippen LogP contribution in [0.5, 0.6) is 0 Å². The second kappa shape index (κ2) is 7.03. The van der Waals surface area contributed by atoms with Crippen LogP contribution in [0.15, 0.2) is 36.4 Å². The summed E-state index contributed by atoms with van der Waals surface area (Å²) in [7, 11) is 0. The van der Waals surface area contributed by atoms with E-state index in [-0.39, 0.29) is 41.8 Å². The minimum atomic E-state index is -0.362. The molecule has 6 heteroatoms. The summed E-state index contributed by atoms with van der Waals surface area (Å²) < 4.78 is 10.9. The first kappa shape index (κ1) is 18.3. The maximum absolute atomic E-state index is 12.0. The van der Waals surface area contributed by atoms with Crippen molar-refractivity contribution >= 4 is 23.5 Å². The lowest BCUT2D eigenvalue weighted by atomic mass is 9.72. The van der Waals surface area contributed by atoms with Gasteiger partial charge in [-0.3, -0.25) is 14.4 Å². The Kier molecular flexibility index (Phi) is 4.96. The predicted octanol–water partition coefficient (Wildman–Crippen LogP) is 2.41. The lowest BCUT2D eigenvalue weighted by Crippen LogP contribution is -2.55. The number of anilines is 1. The largest absolute Gasteiger partial charge is 0.465 e. The molecule has 2 atom stereocenters. The van der Waals surface area contributed by atoms with Crippen molar-refractivity contribution in [2.24, 2.45) is 5.41 Å². The summed E-state index contributed by atoms with van der Waals surface area (Å²) in [5, 5.41) is 0. The third kappa shape index (κ3) is 3.42. The van der Waals surface area contributed by atoms with Crippen molar-refractivity contribution in [3.05, 3.63) is 42.0 Å². The van der Waals surface area contributed by atoms with Gasteiger partial charge < -0.3 is 9.47 Å². The lowest BCUT2D eigenvalue weighted by molar-refractivity contribution is -0.232. The van der Waals surface area contributed by atoms with Crippen LogP contribution in [0.1, 0.15) is 32.8 Å². The molecular weight excluding hydrogens is 334 g/mol. The molecular formula is C20H23NO5. The summed E-state index contributed by atoms with van der Waals surface area (Å²) in [6.45, 7) is 6.59. The van der Waals surface area contributed by atoms with E-state index in [1.807, 2.05) is 13.8 Å². The Morgan fingerprint density at radius 3 is 2.23 bits per heavy atom. The smallest absolute Gasteiger partial charge is 0.310 e. The lowest BCUT2D eigenvalue weighted by Gasteiger charge is -2.51. The van der Waals surface area contributed by atoms with E-state index in [1.54, 1.807) is 24.3 Å². The van der Waals surface area contributed by atoms with Gasteiger partial charge in [0.15, 0.2) is 0 Å². The van der Waals surface area contributed by atoms with Crippen molar-refractivity contribution in [2.75, 3.05) is 11.5 Å². The maximum atomic E-state index is 12.0. The molecule has 1 saturated heterocycles. The van der Waals surface area contributed by atoms with E-state index in [4.69, 9.17) is 9.47 Å². The molecule has 3 rings (SSSR count). The minimum Gasteiger partial charge on any atom is -0.465 e. The average molecular weight is 357 g/mol. The number of amides is 2. The Morgan fingerprint density at radius 1 is 1.12 bits per heavy atom. The molecule has 0 aliphatic carbocycles. The van der Waals surface area contributed by atoms with Gasteiger partial charge in [-0.25, -0.2) is 4.90 Å². The number of ether oxygens (including phenoxy) is 2. The van der Waals surface area contributed by atoms with Gasteiger partial charge >= 0.3 is 5.97 Å². The first-order valence-corrected chi connectivity index (χ1v) is 8.77. The van der Waals surface area contributed by atoms with Crippen LogP contribution in [0.25, 0.3) is 0 Å². The average Bonchev–Trinajstić information content (AvgIpc) is 2.94. The highest BCUT2D eigenvalue weighted by molar-refractivity contribution is 6.28. The van der Waals surface area contributed by atoms with Gasteiger partial charge in [0.2, 0.25) is 0 Å². The summed E-state index contributed by atoms with van der Waals surface area (Å²) in [5.41, 5.74) is 1.30. The van der Waals surface area contributed by atoms with Crippen molar-refractivity contribution in [1.82, 2.24) is 0 Å². The van der Waals surface area contributed by atoms with Crippen molar-refractivity contribution < 1.29 is 23.9 Å². The van der Waals surface area contributed by atoms with Gasteiger partial charge in [0.1, 0.15) is 0 Å². The highest BCUT2D eigenvalue weighted by atomic mass is 16.5. The van der Waals surface area contributed by atoms with Gasteiger partial charge in [0, 0.05) is 17.6 Å². The minimum absolute atomic E-state index is 0.0464. The quantitative estimate of drug-likeness (QED) is 0.577. The van der Waals surface area contributed by atoms with E-state index >= 15 is 0 Å². The van der Waals surface area contributed by atoms with Crippen molar-refractivity contribution in [3.63, 3.8) is 0 Å². The molecule has 0 radical (unpaired) electrons. The molecule has 6 nitrogen and oxygen atoms in total. The molecule has 0 N–H and O–H groups in total. The Hall–Kier alpha value is -2.47. The molecule has 1 aromatic carbocycles. The molecule has 138 valence electrons. The van der Waals surface area contributed by atoms with Gasteiger partial charge in [-0.2, -0.15) is 0 Å². The fraction of sp³-hybridized carbons (Fsp3) is 0.450. The molecule has 2 unspecified atom stereocenters. The Bertz CT molecular complexity index is 726. The fourth-order valence-corrected chi connectivity index (χ4v) is 3.30. The highest BCUT2D eigenvalue weighted by Gasteiger charge is 2.47. The number of imide groups is 1. The van der Waals surface area contributed by atoms with E-state index in [1.165, 1.54) is 12.2 Å². The van der Waals surface area contributed by atoms with E-state index in [9.17, 15) is 14.4 Å². The normalized spacial score (nSPS) is 27.6. The molecule has 0 aromatic heterocycles. The van der Waals surface area contributed by atoms with Gasteiger partial charge in [-0.05, 0) is 38.0 Å². The van der Waals surface area contributed by atoms with Gasteiger partial charge in [-0.1, -0.05) is 19.1 Å². The van der Waals surface area contributed by atoms with E-state index in [0.717, 1.165) is 16.9 Å². The Balaban J connectivity index is 1.49. The maximum Gasteiger partial charge on any atom is 0.310 e. The number of carbonyl (C=O) groups excluding carboxylic acids is 3. The summed E-state index contributed by atoms with van der Waals surface area (Å²) in [5.74, 6) is -1.02.